The standard InChI is InChI=1S/C26H44O22/c27-1-6-11(29)16(34)20(38)24(44-6)41-4-10-14(32)19(37)25(47-10)48-21-15(33)7(2-28)45-26(21)42-5-9-13(31)18(36)23(46-9)40-3-8-12(30)17(35)22(39)43-8/h6-39H,1-5H2/t6-,7-,8-,9-,10-,11-,12-,13-,14-,15-,16+,17+,18+,19+,20+,21+,22?,23+,24+,25+,26+/m1/s1. The highest BCUT2D eigenvalue weighted by molar-refractivity contribution is 4.94. The number of aliphatic hydroxyl groups excluding tert-OH is 13. The van der Waals surface area contributed by atoms with E-state index in [2.05, 4.69) is 0 Å². The highest BCUT2D eigenvalue weighted by Crippen LogP contribution is 2.33. The highest BCUT2D eigenvalue weighted by Gasteiger charge is 2.53. The van der Waals surface area contributed by atoms with E-state index in [0.717, 1.165) is 0 Å². The van der Waals surface area contributed by atoms with Crippen molar-refractivity contribution in [3.63, 3.8) is 0 Å². The van der Waals surface area contributed by atoms with E-state index in [1.807, 2.05) is 0 Å². The quantitative estimate of drug-likeness (QED) is 0.0844. The van der Waals surface area contributed by atoms with E-state index in [4.69, 9.17) is 42.6 Å². The third-order valence-corrected chi connectivity index (χ3v) is 8.86. The summed E-state index contributed by atoms with van der Waals surface area (Å²) in [5.41, 5.74) is 0. The van der Waals surface area contributed by atoms with Crippen LogP contribution in [0, 0.1) is 0 Å². The second-order valence-electron chi connectivity index (χ2n) is 12.1. The second kappa shape index (κ2) is 16.2. The lowest BCUT2D eigenvalue weighted by Gasteiger charge is -2.39. The molecule has 0 saturated carbocycles. The van der Waals surface area contributed by atoms with Gasteiger partial charge in [-0.25, -0.2) is 0 Å². The van der Waals surface area contributed by atoms with Gasteiger partial charge in [-0.3, -0.25) is 0 Å². The zero-order valence-electron chi connectivity index (χ0n) is 25.1. The molecule has 1 unspecified atom stereocenters. The van der Waals surface area contributed by atoms with Gasteiger partial charge in [0.25, 0.3) is 0 Å². The number of ether oxygens (including phenoxy) is 9. The average Bonchev–Trinajstić information content (AvgIpc) is 3.71. The molecule has 280 valence electrons. The van der Waals surface area contributed by atoms with Crippen LogP contribution in [0.2, 0.25) is 0 Å². The Labute approximate surface area is 271 Å². The van der Waals surface area contributed by atoms with E-state index in [-0.39, 0.29) is 0 Å². The summed E-state index contributed by atoms with van der Waals surface area (Å²) in [6, 6.07) is 0. The van der Waals surface area contributed by atoms with Crippen molar-refractivity contribution in [2.24, 2.45) is 0 Å². The van der Waals surface area contributed by atoms with E-state index >= 15 is 0 Å². The van der Waals surface area contributed by atoms with Crippen LogP contribution < -0.4 is 0 Å². The van der Waals surface area contributed by atoms with Gasteiger partial charge in [-0.1, -0.05) is 0 Å². The van der Waals surface area contributed by atoms with Crippen LogP contribution in [-0.2, 0) is 42.6 Å². The van der Waals surface area contributed by atoms with Gasteiger partial charge in [0.05, 0.1) is 33.0 Å². The molecule has 5 rings (SSSR count). The van der Waals surface area contributed by atoms with Crippen molar-refractivity contribution in [1.82, 2.24) is 0 Å². The van der Waals surface area contributed by atoms with Crippen LogP contribution in [0.1, 0.15) is 0 Å². The molecule has 0 aromatic carbocycles. The Bertz CT molecular complexity index is 1010. The molecule has 5 aliphatic heterocycles. The maximum atomic E-state index is 10.7. The summed E-state index contributed by atoms with van der Waals surface area (Å²) >= 11 is 0. The Balaban J connectivity index is 1.13. The van der Waals surface area contributed by atoms with Crippen molar-refractivity contribution in [2.75, 3.05) is 33.0 Å². The van der Waals surface area contributed by atoms with Crippen molar-refractivity contribution in [3.05, 3.63) is 0 Å². The van der Waals surface area contributed by atoms with Crippen molar-refractivity contribution >= 4 is 0 Å². The van der Waals surface area contributed by atoms with Crippen molar-refractivity contribution < 1.29 is 109 Å². The van der Waals surface area contributed by atoms with Gasteiger partial charge in [0.2, 0.25) is 0 Å². The number of hydrogen-bond donors (Lipinski definition) is 13. The minimum Gasteiger partial charge on any atom is -0.394 e. The molecule has 0 amide bonds. The van der Waals surface area contributed by atoms with Crippen LogP contribution in [0.3, 0.4) is 0 Å². The van der Waals surface area contributed by atoms with Gasteiger partial charge in [-0.2, -0.15) is 0 Å². The molecule has 0 aromatic rings. The summed E-state index contributed by atoms with van der Waals surface area (Å²) in [5, 5.41) is 131. The summed E-state index contributed by atoms with van der Waals surface area (Å²) in [4.78, 5) is 0. The fourth-order valence-electron chi connectivity index (χ4n) is 5.88. The molecule has 5 heterocycles. The maximum Gasteiger partial charge on any atom is 0.187 e. The predicted molar refractivity (Wildman–Crippen MR) is 142 cm³/mol. The molecule has 0 radical (unpaired) electrons. The molecule has 5 aliphatic rings. The van der Waals surface area contributed by atoms with E-state index in [9.17, 15) is 66.4 Å². The monoisotopic (exact) mass is 708 g/mol. The van der Waals surface area contributed by atoms with Crippen molar-refractivity contribution in [2.45, 2.75) is 129 Å². The fraction of sp³-hybridized carbons (Fsp3) is 1.00. The van der Waals surface area contributed by atoms with E-state index in [1.165, 1.54) is 0 Å². The highest BCUT2D eigenvalue weighted by atomic mass is 16.8. The first-order chi connectivity index (χ1) is 22.8. The summed E-state index contributed by atoms with van der Waals surface area (Å²) in [7, 11) is 0. The summed E-state index contributed by atoms with van der Waals surface area (Å²) in [5.74, 6) is 0. The molecule has 0 aliphatic carbocycles. The van der Waals surface area contributed by atoms with E-state index in [1.54, 1.807) is 0 Å². The zero-order chi connectivity index (χ0) is 35.0. The zero-order valence-corrected chi connectivity index (χ0v) is 25.1. The molecule has 21 atom stereocenters. The minimum atomic E-state index is -1.74. The van der Waals surface area contributed by atoms with Crippen LogP contribution in [0.5, 0.6) is 0 Å². The van der Waals surface area contributed by atoms with Gasteiger partial charge in [0, 0.05) is 0 Å². The van der Waals surface area contributed by atoms with Crippen LogP contribution >= 0.6 is 0 Å². The Kier molecular flexibility index (Phi) is 12.9. The van der Waals surface area contributed by atoms with Crippen molar-refractivity contribution in [3.8, 4) is 0 Å². The minimum absolute atomic E-state index is 0.437. The first-order valence-electron chi connectivity index (χ1n) is 15.2. The van der Waals surface area contributed by atoms with Crippen LogP contribution in [0.25, 0.3) is 0 Å². The van der Waals surface area contributed by atoms with Crippen molar-refractivity contribution in [1.29, 1.82) is 0 Å². The van der Waals surface area contributed by atoms with Crippen LogP contribution in [0.4, 0.5) is 0 Å². The Morgan fingerprint density at radius 1 is 0.354 bits per heavy atom. The summed E-state index contributed by atoms with van der Waals surface area (Å²) < 4.78 is 48.8. The third kappa shape index (κ3) is 7.80. The molecular formula is C26H44O22. The topological polar surface area (TPSA) is 346 Å². The number of rotatable bonds is 13. The number of aliphatic hydroxyl groups is 13. The first kappa shape index (κ1) is 38.4. The fourth-order valence-corrected chi connectivity index (χ4v) is 5.88. The molecule has 0 bridgehead atoms. The lowest BCUT2D eigenvalue weighted by atomic mass is 9.99. The SMILES string of the molecule is OC[C@H]1O[C@H](OC[C@H]2O[C@@H](O[C@@H]3[C@@H](OC[C@H]4O[C@H](OC[C@H]5OC(O)[C@@H](O)[C@@H]5O)[C@@H](O)[C@@H]4O)O[C@H](CO)[C@H]3O)[C@@H](O)[C@@H]2O)[C@@H](O)[C@@H](O)[C@@H]1O. The number of hydrogen-bond acceptors (Lipinski definition) is 22. The predicted octanol–water partition coefficient (Wildman–Crippen LogP) is -9.37. The Hall–Kier alpha value is -0.880. The lowest BCUT2D eigenvalue weighted by molar-refractivity contribution is -0.308. The second-order valence-corrected chi connectivity index (χ2v) is 12.1. The third-order valence-electron chi connectivity index (χ3n) is 8.86. The summed E-state index contributed by atoms with van der Waals surface area (Å²) in [6.07, 6.45) is -31.7. The molecule has 0 aromatic heterocycles. The normalized spacial score (nSPS) is 52.8. The molecule has 48 heavy (non-hydrogen) atoms. The van der Waals surface area contributed by atoms with Crippen LogP contribution in [-0.4, -0.2) is 229 Å². The van der Waals surface area contributed by atoms with Gasteiger partial charge >= 0.3 is 0 Å². The van der Waals surface area contributed by atoms with Gasteiger partial charge < -0.3 is 109 Å². The molecule has 5 saturated heterocycles. The first-order valence-corrected chi connectivity index (χ1v) is 15.2. The Morgan fingerprint density at radius 3 is 1.25 bits per heavy atom. The van der Waals surface area contributed by atoms with Gasteiger partial charge in [0.1, 0.15) is 97.7 Å². The van der Waals surface area contributed by atoms with Gasteiger partial charge in [-0.05, 0) is 0 Å². The molecule has 5 fully saturated rings. The molecule has 22 nitrogen and oxygen atoms in total. The molecular weight excluding hydrogens is 664 g/mol. The average molecular weight is 709 g/mol. The molecule has 0 spiro atoms. The molecule has 13 N–H and O–H groups in total. The van der Waals surface area contributed by atoms with Gasteiger partial charge in [0.15, 0.2) is 31.5 Å². The maximum absolute atomic E-state index is 10.7. The van der Waals surface area contributed by atoms with E-state index in [0.29, 0.717) is 0 Å². The summed E-state index contributed by atoms with van der Waals surface area (Å²) in [6.45, 7) is -2.87. The smallest absolute Gasteiger partial charge is 0.187 e. The molecule has 22 heteroatoms. The largest absolute Gasteiger partial charge is 0.394 e. The van der Waals surface area contributed by atoms with Gasteiger partial charge in [-0.15, -0.1) is 0 Å². The Morgan fingerprint density at radius 2 is 0.729 bits per heavy atom. The van der Waals surface area contributed by atoms with E-state index < -0.39 is 162 Å². The lowest BCUT2D eigenvalue weighted by Crippen LogP contribution is -2.59. The van der Waals surface area contributed by atoms with Crippen LogP contribution in [0.15, 0.2) is 0 Å².